The van der Waals surface area contributed by atoms with E-state index in [1.807, 2.05) is 0 Å². The minimum absolute atomic E-state index is 0.176. The van der Waals surface area contributed by atoms with Crippen LogP contribution < -0.4 is 4.72 Å². The molecule has 1 N–H and O–H groups in total. The Kier molecular flexibility index (Phi) is 3.61. The Balaban J connectivity index is 2.02. The van der Waals surface area contributed by atoms with Gasteiger partial charge in [0.15, 0.2) is 5.03 Å². The van der Waals surface area contributed by atoms with E-state index in [1.54, 1.807) is 7.05 Å². The SMILES string of the molecule is Cn1nccc1S(=O)(=O)NCC1(CCBr)CC1. The third-order valence-electron chi connectivity index (χ3n) is 3.27. The first-order valence-corrected chi connectivity index (χ1v) is 8.13. The zero-order valence-corrected chi connectivity index (χ0v) is 12.1. The molecule has 0 atom stereocenters. The van der Waals surface area contributed by atoms with E-state index < -0.39 is 10.0 Å². The lowest BCUT2D eigenvalue weighted by molar-refractivity contribution is 0.477. The van der Waals surface area contributed by atoms with Gasteiger partial charge in [0, 0.05) is 18.9 Å². The first-order chi connectivity index (χ1) is 7.99. The maximum absolute atomic E-state index is 12.0. The van der Waals surface area contributed by atoms with E-state index in [1.165, 1.54) is 16.9 Å². The first-order valence-electron chi connectivity index (χ1n) is 5.53. The van der Waals surface area contributed by atoms with Gasteiger partial charge in [-0.15, -0.1) is 0 Å². The highest BCUT2D eigenvalue weighted by atomic mass is 79.9. The molecule has 1 saturated carbocycles. The summed E-state index contributed by atoms with van der Waals surface area (Å²) in [6.45, 7) is 0.520. The van der Waals surface area contributed by atoms with Gasteiger partial charge in [-0.05, 0) is 30.7 Å². The molecule has 0 radical (unpaired) electrons. The fourth-order valence-corrected chi connectivity index (χ4v) is 3.96. The molecule has 5 nitrogen and oxygen atoms in total. The summed E-state index contributed by atoms with van der Waals surface area (Å²) in [5.41, 5.74) is 0.176. The maximum atomic E-state index is 12.0. The van der Waals surface area contributed by atoms with Crippen LogP contribution in [0.2, 0.25) is 0 Å². The number of nitrogens with zero attached hydrogens (tertiary/aromatic N) is 2. The maximum Gasteiger partial charge on any atom is 0.257 e. The number of aryl methyl sites for hydroxylation is 1. The van der Waals surface area contributed by atoms with E-state index in [-0.39, 0.29) is 10.4 Å². The molecule has 1 aromatic heterocycles. The lowest BCUT2D eigenvalue weighted by Crippen LogP contribution is -2.31. The molecule has 0 spiro atoms. The Hall–Kier alpha value is -0.400. The third-order valence-corrected chi connectivity index (χ3v) is 5.14. The number of sulfonamides is 1. The smallest absolute Gasteiger partial charge is 0.256 e. The number of halogens is 1. The summed E-state index contributed by atoms with van der Waals surface area (Å²) in [7, 11) is -1.80. The highest BCUT2D eigenvalue weighted by Gasteiger charge is 2.42. The Morgan fingerprint density at radius 1 is 1.59 bits per heavy atom. The van der Waals surface area contributed by atoms with Crippen LogP contribution in [0.4, 0.5) is 0 Å². The van der Waals surface area contributed by atoms with Crippen molar-refractivity contribution in [3.63, 3.8) is 0 Å². The molecule has 1 heterocycles. The van der Waals surface area contributed by atoms with E-state index in [2.05, 4.69) is 25.8 Å². The predicted molar refractivity (Wildman–Crippen MR) is 68.5 cm³/mol. The van der Waals surface area contributed by atoms with Crippen LogP contribution in [0.15, 0.2) is 17.3 Å². The molecular formula is C10H16BrN3O2S. The topological polar surface area (TPSA) is 64.0 Å². The van der Waals surface area contributed by atoms with Crippen molar-refractivity contribution in [3.05, 3.63) is 12.3 Å². The molecule has 0 amide bonds. The van der Waals surface area contributed by atoms with Gasteiger partial charge in [-0.3, -0.25) is 4.68 Å². The number of hydrogen-bond donors (Lipinski definition) is 1. The second-order valence-corrected chi connectivity index (χ2v) is 7.06. The summed E-state index contributed by atoms with van der Waals surface area (Å²) in [5.74, 6) is 0. The van der Waals surface area contributed by atoms with Crippen LogP contribution in [-0.4, -0.2) is 30.1 Å². The van der Waals surface area contributed by atoms with E-state index in [0.717, 1.165) is 24.6 Å². The number of nitrogens with one attached hydrogen (secondary N) is 1. The van der Waals surface area contributed by atoms with Crippen molar-refractivity contribution in [2.45, 2.75) is 24.3 Å². The second kappa shape index (κ2) is 4.70. The Morgan fingerprint density at radius 3 is 2.76 bits per heavy atom. The average Bonchev–Trinajstić information content (AvgIpc) is 2.89. The number of hydrogen-bond acceptors (Lipinski definition) is 3. The van der Waals surface area contributed by atoms with Crippen molar-refractivity contribution in [1.82, 2.24) is 14.5 Å². The summed E-state index contributed by atoms with van der Waals surface area (Å²) in [6.07, 6.45) is 4.71. The van der Waals surface area contributed by atoms with Crippen molar-refractivity contribution < 1.29 is 8.42 Å². The first kappa shape index (κ1) is 13.0. The van der Waals surface area contributed by atoms with Crippen molar-refractivity contribution in [1.29, 1.82) is 0 Å². The van der Waals surface area contributed by atoms with Crippen LogP contribution in [0.1, 0.15) is 19.3 Å². The monoisotopic (exact) mass is 321 g/mol. The molecule has 2 rings (SSSR count). The highest BCUT2D eigenvalue weighted by Crippen LogP contribution is 2.48. The lowest BCUT2D eigenvalue weighted by atomic mass is 10.1. The fraction of sp³-hybridized carbons (Fsp3) is 0.700. The molecule has 1 fully saturated rings. The van der Waals surface area contributed by atoms with Crippen LogP contribution in [0.3, 0.4) is 0 Å². The number of aromatic nitrogens is 2. The van der Waals surface area contributed by atoms with Gasteiger partial charge in [-0.2, -0.15) is 5.10 Å². The normalized spacial score (nSPS) is 18.2. The molecule has 0 unspecified atom stereocenters. The minimum atomic E-state index is -3.42. The van der Waals surface area contributed by atoms with Crippen molar-refractivity contribution in [2.24, 2.45) is 12.5 Å². The van der Waals surface area contributed by atoms with Gasteiger partial charge < -0.3 is 0 Å². The molecule has 0 bridgehead atoms. The number of alkyl halides is 1. The molecule has 0 aromatic carbocycles. The van der Waals surface area contributed by atoms with Crippen LogP contribution in [-0.2, 0) is 17.1 Å². The lowest BCUT2D eigenvalue weighted by Gasteiger charge is -2.14. The van der Waals surface area contributed by atoms with E-state index in [4.69, 9.17) is 0 Å². The average molecular weight is 322 g/mol. The van der Waals surface area contributed by atoms with Gasteiger partial charge in [0.1, 0.15) is 0 Å². The highest BCUT2D eigenvalue weighted by molar-refractivity contribution is 9.09. The molecule has 0 aliphatic heterocycles. The summed E-state index contributed by atoms with van der Waals surface area (Å²) < 4.78 is 28.1. The quantitative estimate of drug-likeness (QED) is 0.802. The molecule has 1 aliphatic rings. The molecule has 1 aromatic rings. The largest absolute Gasteiger partial charge is 0.257 e. The standard InChI is InChI=1S/C10H16BrN3O2S/c1-14-9(2-7-12-14)17(15,16)13-8-10(3-4-10)5-6-11/h2,7,13H,3-6,8H2,1H3. The van der Waals surface area contributed by atoms with Gasteiger partial charge in [-0.25, -0.2) is 13.1 Å². The molecule has 96 valence electrons. The van der Waals surface area contributed by atoms with Crippen LogP contribution in [0.25, 0.3) is 0 Å². The summed E-state index contributed by atoms with van der Waals surface area (Å²) in [5, 5.41) is 5.00. The van der Waals surface area contributed by atoms with Crippen LogP contribution in [0, 0.1) is 5.41 Å². The van der Waals surface area contributed by atoms with E-state index in [0.29, 0.717) is 6.54 Å². The molecule has 7 heteroatoms. The summed E-state index contributed by atoms with van der Waals surface area (Å²) in [4.78, 5) is 0. The molecule has 0 saturated heterocycles. The minimum Gasteiger partial charge on any atom is -0.256 e. The third kappa shape index (κ3) is 2.89. The van der Waals surface area contributed by atoms with E-state index >= 15 is 0 Å². The van der Waals surface area contributed by atoms with Gasteiger partial charge in [0.2, 0.25) is 0 Å². The zero-order chi connectivity index (χ0) is 12.5. The van der Waals surface area contributed by atoms with Gasteiger partial charge >= 0.3 is 0 Å². The Morgan fingerprint density at radius 2 is 2.29 bits per heavy atom. The van der Waals surface area contributed by atoms with E-state index in [9.17, 15) is 8.42 Å². The predicted octanol–water partition coefficient (Wildman–Crippen LogP) is 1.26. The van der Waals surface area contributed by atoms with Crippen LogP contribution in [0.5, 0.6) is 0 Å². The number of rotatable bonds is 6. The van der Waals surface area contributed by atoms with Crippen molar-refractivity contribution >= 4 is 26.0 Å². The zero-order valence-electron chi connectivity index (χ0n) is 9.69. The molecule has 1 aliphatic carbocycles. The Bertz CT molecular complexity index is 493. The fourth-order valence-electron chi connectivity index (χ4n) is 1.84. The Labute approximate surface area is 110 Å². The van der Waals surface area contributed by atoms with Gasteiger partial charge in [0.05, 0.1) is 6.20 Å². The summed E-state index contributed by atoms with van der Waals surface area (Å²) >= 11 is 3.40. The van der Waals surface area contributed by atoms with Crippen molar-refractivity contribution in [3.8, 4) is 0 Å². The van der Waals surface area contributed by atoms with Gasteiger partial charge in [0.25, 0.3) is 10.0 Å². The van der Waals surface area contributed by atoms with Crippen molar-refractivity contribution in [2.75, 3.05) is 11.9 Å². The molecule has 17 heavy (non-hydrogen) atoms. The second-order valence-electron chi connectivity index (χ2n) is 4.56. The summed E-state index contributed by atoms with van der Waals surface area (Å²) in [6, 6.07) is 1.51. The van der Waals surface area contributed by atoms with Gasteiger partial charge in [-0.1, -0.05) is 15.9 Å². The molecular weight excluding hydrogens is 306 g/mol. The van der Waals surface area contributed by atoms with Crippen LogP contribution >= 0.6 is 15.9 Å².